The van der Waals surface area contributed by atoms with Crippen molar-refractivity contribution >= 4 is 28.8 Å². The van der Waals surface area contributed by atoms with Crippen LogP contribution in [0.5, 0.6) is 5.75 Å². The molecule has 1 rings (SSSR count). The van der Waals surface area contributed by atoms with Crippen LogP contribution in [0.4, 0.5) is 14.5 Å². The molecule has 0 aliphatic rings. The predicted octanol–water partition coefficient (Wildman–Crippen LogP) is 2.54. The topological polar surface area (TPSA) is 64.3 Å². The van der Waals surface area contributed by atoms with Crippen LogP contribution < -0.4 is 15.8 Å². The lowest BCUT2D eigenvalue weighted by atomic mass is 9.92. The van der Waals surface area contributed by atoms with Crippen molar-refractivity contribution in [2.45, 2.75) is 20.5 Å². The number of benzene rings is 1. The second-order valence-corrected chi connectivity index (χ2v) is 4.79. The van der Waals surface area contributed by atoms with Gasteiger partial charge >= 0.3 is 6.61 Å². The molecule has 0 aliphatic heterocycles. The quantitative estimate of drug-likeness (QED) is 0.817. The number of nitrogens with two attached hydrogens (primary N) is 1. The summed E-state index contributed by atoms with van der Waals surface area (Å²) in [5, 5.41) is 2.59. The number of ether oxygens (including phenoxy) is 1. The Kier molecular flexibility index (Phi) is 4.77. The number of anilines is 1. The molecule has 0 aliphatic carbocycles. The fourth-order valence-electron chi connectivity index (χ4n) is 1.12. The molecule has 104 valence electrons. The number of amides is 1. The van der Waals surface area contributed by atoms with E-state index < -0.39 is 12.0 Å². The Labute approximate surface area is 114 Å². The van der Waals surface area contributed by atoms with Gasteiger partial charge in [0.1, 0.15) is 5.75 Å². The second kappa shape index (κ2) is 5.92. The van der Waals surface area contributed by atoms with Crippen LogP contribution in [0.1, 0.15) is 13.8 Å². The zero-order chi connectivity index (χ0) is 14.6. The van der Waals surface area contributed by atoms with Crippen molar-refractivity contribution in [3.8, 4) is 5.75 Å². The zero-order valence-corrected chi connectivity index (χ0v) is 11.3. The van der Waals surface area contributed by atoms with Crippen molar-refractivity contribution < 1.29 is 18.3 Å². The second-order valence-electron chi connectivity index (χ2n) is 4.35. The van der Waals surface area contributed by atoms with Gasteiger partial charge in [0.25, 0.3) is 0 Å². The Bertz CT molecular complexity index is 475. The third kappa shape index (κ3) is 4.13. The highest BCUT2D eigenvalue weighted by molar-refractivity contribution is 7.80. The number of carbonyl (C=O) groups excluding carboxylic acids is 1. The summed E-state index contributed by atoms with van der Waals surface area (Å²) in [6.45, 7) is 0.312. The maximum absolute atomic E-state index is 12.0. The first-order valence-electron chi connectivity index (χ1n) is 5.39. The van der Waals surface area contributed by atoms with Gasteiger partial charge in [0.05, 0.1) is 10.4 Å². The Balaban J connectivity index is 2.73. The van der Waals surface area contributed by atoms with Gasteiger partial charge in [-0.25, -0.2) is 0 Å². The van der Waals surface area contributed by atoms with Gasteiger partial charge in [0.15, 0.2) is 0 Å². The van der Waals surface area contributed by atoms with Crippen molar-refractivity contribution in [3.63, 3.8) is 0 Å². The lowest BCUT2D eigenvalue weighted by Gasteiger charge is -2.21. The standard InChI is InChI=1S/C12H14F2N2O2S/c1-12(2,9(15)19)10(17)16-7-3-5-8(6-4-7)18-11(13)14/h3-6,11H,1-2H3,(H2,15,19)(H,16,17). The molecule has 0 saturated carbocycles. The van der Waals surface area contributed by atoms with E-state index in [1.54, 1.807) is 13.8 Å². The summed E-state index contributed by atoms with van der Waals surface area (Å²) in [6, 6.07) is 5.56. The zero-order valence-electron chi connectivity index (χ0n) is 10.4. The molecule has 19 heavy (non-hydrogen) atoms. The third-order valence-corrected chi connectivity index (χ3v) is 3.03. The van der Waals surface area contributed by atoms with Crippen LogP contribution in [0.2, 0.25) is 0 Å². The number of hydrogen-bond donors (Lipinski definition) is 2. The molecule has 0 radical (unpaired) electrons. The molecule has 3 N–H and O–H groups in total. The maximum Gasteiger partial charge on any atom is 0.387 e. The predicted molar refractivity (Wildman–Crippen MR) is 72.3 cm³/mol. The Morgan fingerprint density at radius 1 is 1.37 bits per heavy atom. The molecular weight excluding hydrogens is 274 g/mol. The van der Waals surface area contributed by atoms with Crippen LogP contribution in [0.25, 0.3) is 0 Å². The molecule has 7 heteroatoms. The van der Waals surface area contributed by atoms with E-state index in [0.29, 0.717) is 5.69 Å². The van der Waals surface area contributed by atoms with Crippen molar-refractivity contribution in [2.24, 2.45) is 11.1 Å². The highest BCUT2D eigenvalue weighted by atomic mass is 32.1. The summed E-state index contributed by atoms with van der Waals surface area (Å²) in [5.41, 5.74) is 4.92. The van der Waals surface area contributed by atoms with Crippen LogP contribution >= 0.6 is 12.2 Å². The minimum atomic E-state index is -2.88. The van der Waals surface area contributed by atoms with Crippen LogP contribution in [0, 0.1) is 5.41 Å². The van der Waals surface area contributed by atoms with Gasteiger partial charge in [-0.3, -0.25) is 4.79 Å². The van der Waals surface area contributed by atoms with E-state index in [1.807, 2.05) is 0 Å². The fraction of sp³-hybridized carbons (Fsp3) is 0.333. The first kappa shape index (κ1) is 15.3. The van der Waals surface area contributed by atoms with E-state index in [4.69, 9.17) is 18.0 Å². The van der Waals surface area contributed by atoms with Crippen LogP contribution in [-0.4, -0.2) is 17.5 Å². The lowest BCUT2D eigenvalue weighted by Crippen LogP contribution is -2.41. The van der Waals surface area contributed by atoms with Crippen LogP contribution in [-0.2, 0) is 4.79 Å². The first-order chi connectivity index (χ1) is 8.73. The average Bonchev–Trinajstić information content (AvgIpc) is 2.30. The summed E-state index contributed by atoms with van der Waals surface area (Å²) in [6.07, 6.45) is 0. The molecule has 0 spiro atoms. The molecule has 0 unspecified atom stereocenters. The molecule has 0 heterocycles. The lowest BCUT2D eigenvalue weighted by molar-refractivity contribution is -0.121. The van der Waals surface area contributed by atoms with E-state index >= 15 is 0 Å². The van der Waals surface area contributed by atoms with Crippen LogP contribution in [0.3, 0.4) is 0 Å². The fourth-order valence-corrected chi connectivity index (χ4v) is 1.21. The minimum absolute atomic E-state index is 0.0154. The van der Waals surface area contributed by atoms with E-state index in [2.05, 4.69) is 10.1 Å². The number of nitrogens with one attached hydrogen (secondary N) is 1. The molecule has 1 aromatic rings. The van der Waals surface area contributed by atoms with Gasteiger partial charge in [-0.05, 0) is 38.1 Å². The van der Waals surface area contributed by atoms with E-state index in [-0.39, 0.29) is 16.6 Å². The molecule has 0 atom stereocenters. The summed E-state index contributed by atoms with van der Waals surface area (Å²) >= 11 is 4.81. The Morgan fingerprint density at radius 2 is 1.89 bits per heavy atom. The van der Waals surface area contributed by atoms with Gasteiger partial charge in [0, 0.05) is 5.69 Å². The molecule has 0 aromatic heterocycles. The van der Waals surface area contributed by atoms with Crippen LogP contribution in [0.15, 0.2) is 24.3 Å². The average molecular weight is 288 g/mol. The largest absolute Gasteiger partial charge is 0.435 e. The normalized spacial score (nSPS) is 11.2. The Hall–Kier alpha value is -1.76. The number of hydrogen-bond acceptors (Lipinski definition) is 3. The summed E-state index contributed by atoms with van der Waals surface area (Å²) in [4.78, 5) is 12.0. The first-order valence-corrected chi connectivity index (χ1v) is 5.80. The monoisotopic (exact) mass is 288 g/mol. The van der Waals surface area contributed by atoms with Crippen molar-refractivity contribution in [1.29, 1.82) is 0 Å². The number of rotatable bonds is 5. The number of alkyl halides is 2. The molecule has 1 amide bonds. The Morgan fingerprint density at radius 3 is 2.32 bits per heavy atom. The third-order valence-electron chi connectivity index (χ3n) is 2.52. The highest BCUT2D eigenvalue weighted by Crippen LogP contribution is 2.21. The maximum atomic E-state index is 12.0. The van der Waals surface area contributed by atoms with Gasteiger partial charge in [-0.15, -0.1) is 0 Å². The number of halogens is 2. The number of thiocarbonyl (C=S) groups is 1. The molecule has 0 saturated heterocycles. The van der Waals surface area contributed by atoms with E-state index in [1.165, 1.54) is 24.3 Å². The summed E-state index contributed by atoms with van der Waals surface area (Å²) in [7, 11) is 0. The molecular formula is C12H14F2N2O2S. The molecule has 4 nitrogen and oxygen atoms in total. The smallest absolute Gasteiger partial charge is 0.387 e. The molecule has 1 aromatic carbocycles. The van der Waals surface area contributed by atoms with Gasteiger partial charge in [-0.2, -0.15) is 8.78 Å². The minimum Gasteiger partial charge on any atom is -0.435 e. The number of carbonyl (C=O) groups is 1. The summed E-state index contributed by atoms with van der Waals surface area (Å²) in [5.74, 6) is -0.357. The molecule has 0 fully saturated rings. The SMILES string of the molecule is CC(C)(C(=O)Nc1ccc(OC(F)F)cc1)C(N)=S. The van der Waals surface area contributed by atoms with Crippen molar-refractivity contribution in [3.05, 3.63) is 24.3 Å². The van der Waals surface area contributed by atoms with E-state index in [9.17, 15) is 13.6 Å². The highest BCUT2D eigenvalue weighted by Gasteiger charge is 2.30. The van der Waals surface area contributed by atoms with Gasteiger partial charge < -0.3 is 15.8 Å². The molecule has 0 bridgehead atoms. The van der Waals surface area contributed by atoms with Gasteiger partial charge in [-0.1, -0.05) is 12.2 Å². The summed E-state index contributed by atoms with van der Waals surface area (Å²) < 4.78 is 28.1. The van der Waals surface area contributed by atoms with Crippen molar-refractivity contribution in [2.75, 3.05) is 5.32 Å². The van der Waals surface area contributed by atoms with E-state index in [0.717, 1.165) is 0 Å². The van der Waals surface area contributed by atoms with Crippen molar-refractivity contribution in [1.82, 2.24) is 0 Å². The van der Waals surface area contributed by atoms with Gasteiger partial charge in [0.2, 0.25) is 5.91 Å².